The van der Waals surface area contributed by atoms with Crippen LogP contribution >= 0.6 is 0 Å². The van der Waals surface area contributed by atoms with Crippen molar-refractivity contribution in [2.75, 3.05) is 31.7 Å². The van der Waals surface area contributed by atoms with E-state index in [9.17, 15) is 0 Å². The highest BCUT2D eigenvalue weighted by Gasteiger charge is 2.13. The van der Waals surface area contributed by atoms with E-state index in [0.29, 0.717) is 30.1 Å². The van der Waals surface area contributed by atoms with E-state index >= 15 is 0 Å². The van der Waals surface area contributed by atoms with Gasteiger partial charge in [0.1, 0.15) is 6.61 Å². The molecule has 0 fully saturated rings. The van der Waals surface area contributed by atoms with E-state index in [4.69, 9.17) is 20.9 Å². The van der Waals surface area contributed by atoms with Crippen molar-refractivity contribution in [2.24, 2.45) is 0 Å². The minimum atomic E-state index is 0.511. The molecule has 4 N–H and O–H groups in total. The monoisotopic (exact) mass is 359 g/mol. The fraction of sp³-hybridized carbons (Fsp3) is 0.429. The molecular weight excluding hydrogens is 326 g/mol. The van der Waals surface area contributed by atoms with Gasteiger partial charge >= 0.3 is 0 Å². The lowest BCUT2D eigenvalue weighted by molar-refractivity contribution is 0.140. The fourth-order valence-electron chi connectivity index (χ4n) is 2.63. The van der Waals surface area contributed by atoms with Crippen LogP contribution < -0.4 is 20.9 Å². The Morgan fingerprint density at radius 2 is 1.46 bits per heavy atom. The predicted octanol–water partition coefficient (Wildman–Crippen LogP) is 4.04. The van der Waals surface area contributed by atoms with Gasteiger partial charge in [-0.1, -0.05) is 18.2 Å². The van der Waals surface area contributed by atoms with Crippen LogP contribution in [0.5, 0.6) is 11.5 Å². The number of hydrogen-bond donors (Lipinski definition) is 2. The summed E-state index contributed by atoms with van der Waals surface area (Å²) in [6.07, 6.45) is 0. The van der Waals surface area contributed by atoms with E-state index in [1.807, 2.05) is 42.5 Å². The number of rotatable bonds is 7. The largest absolute Gasteiger partial charge is 0.493 e. The molecule has 2 rings (SSSR count). The van der Waals surface area contributed by atoms with Crippen LogP contribution in [0.1, 0.15) is 27.7 Å². The zero-order chi connectivity index (χ0) is 19.5. The van der Waals surface area contributed by atoms with Gasteiger partial charge in [0.2, 0.25) is 0 Å². The first-order valence-electron chi connectivity index (χ1n) is 8.97. The maximum absolute atomic E-state index is 5.79. The fourth-order valence-corrected chi connectivity index (χ4v) is 2.63. The Hall–Kier alpha value is -2.40. The lowest BCUT2D eigenvalue weighted by Crippen LogP contribution is -2.39. The van der Waals surface area contributed by atoms with Crippen LogP contribution in [0.2, 0.25) is 0 Å². The van der Waals surface area contributed by atoms with Crippen LogP contribution in [0.15, 0.2) is 48.5 Å². The zero-order valence-electron chi connectivity index (χ0n) is 16.6. The van der Waals surface area contributed by atoms with Gasteiger partial charge in [-0.3, -0.25) is 4.90 Å². The van der Waals surface area contributed by atoms with Crippen LogP contribution in [0, 0.1) is 0 Å². The highest BCUT2D eigenvalue weighted by molar-refractivity contribution is 5.51. The minimum Gasteiger partial charge on any atom is -0.493 e. The Kier molecular flexibility index (Phi) is 9.37. The van der Waals surface area contributed by atoms with E-state index in [2.05, 4.69) is 32.6 Å². The topological polar surface area (TPSA) is 73.7 Å². The van der Waals surface area contributed by atoms with Crippen LogP contribution in [0.25, 0.3) is 0 Å². The molecule has 0 radical (unpaired) electrons. The minimum absolute atomic E-state index is 0.511. The standard InChI is InChI=1S/C15H26N2O2.C6H7N/c1-11(2)17(12(3)4)8-9-19-14-7-6-13(16)10-15(14)18-5;7-6-4-2-1-3-5-6/h6-7,10-12H,8-9,16H2,1-5H3;1-5H,7H2. The van der Waals surface area contributed by atoms with Gasteiger partial charge in [-0.05, 0) is 52.0 Å². The molecule has 0 aliphatic carbocycles. The third-order valence-electron chi connectivity index (χ3n) is 3.92. The van der Waals surface area contributed by atoms with Crippen LogP contribution in [-0.4, -0.2) is 37.2 Å². The Labute approximate surface area is 157 Å². The second-order valence-electron chi connectivity index (χ2n) is 6.59. The zero-order valence-corrected chi connectivity index (χ0v) is 16.6. The van der Waals surface area contributed by atoms with Gasteiger partial charge in [0, 0.05) is 36.1 Å². The molecule has 0 saturated carbocycles. The Morgan fingerprint density at radius 1 is 0.846 bits per heavy atom. The molecule has 2 aromatic carbocycles. The van der Waals surface area contributed by atoms with Gasteiger partial charge in [-0.2, -0.15) is 0 Å². The Morgan fingerprint density at radius 3 is 1.92 bits per heavy atom. The van der Waals surface area contributed by atoms with Crippen molar-refractivity contribution in [2.45, 2.75) is 39.8 Å². The lowest BCUT2D eigenvalue weighted by Gasteiger charge is -2.30. The van der Waals surface area contributed by atoms with Crippen molar-refractivity contribution in [3.63, 3.8) is 0 Å². The molecule has 26 heavy (non-hydrogen) atoms. The molecule has 0 bridgehead atoms. The average Bonchev–Trinajstić information content (AvgIpc) is 2.60. The molecule has 2 aromatic rings. The number of nitrogens with two attached hydrogens (primary N) is 2. The molecule has 5 heteroatoms. The first-order chi connectivity index (χ1) is 12.3. The molecule has 0 saturated heterocycles. The molecule has 0 aromatic heterocycles. The third kappa shape index (κ3) is 7.66. The maximum Gasteiger partial charge on any atom is 0.162 e. The second-order valence-corrected chi connectivity index (χ2v) is 6.59. The van der Waals surface area contributed by atoms with Crippen molar-refractivity contribution in [3.8, 4) is 11.5 Å². The van der Waals surface area contributed by atoms with Crippen LogP contribution in [0.4, 0.5) is 11.4 Å². The quantitative estimate of drug-likeness (QED) is 0.730. The highest BCUT2D eigenvalue weighted by atomic mass is 16.5. The summed E-state index contributed by atoms with van der Waals surface area (Å²) in [5, 5.41) is 0. The van der Waals surface area contributed by atoms with Gasteiger partial charge < -0.3 is 20.9 Å². The molecule has 0 amide bonds. The van der Waals surface area contributed by atoms with Gasteiger partial charge in [-0.15, -0.1) is 0 Å². The number of methoxy groups -OCH3 is 1. The smallest absolute Gasteiger partial charge is 0.162 e. The molecule has 0 aliphatic rings. The van der Waals surface area contributed by atoms with Gasteiger partial charge in [0.25, 0.3) is 0 Å². The summed E-state index contributed by atoms with van der Waals surface area (Å²) in [5.41, 5.74) is 12.6. The van der Waals surface area contributed by atoms with E-state index in [0.717, 1.165) is 18.0 Å². The van der Waals surface area contributed by atoms with Gasteiger partial charge in [-0.25, -0.2) is 0 Å². The predicted molar refractivity (Wildman–Crippen MR) is 111 cm³/mol. The summed E-state index contributed by atoms with van der Waals surface area (Å²) in [6.45, 7) is 10.3. The van der Waals surface area contributed by atoms with E-state index in [-0.39, 0.29) is 0 Å². The van der Waals surface area contributed by atoms with E-state index in [1.165, 1.54) is 0 Å². The molecule has 0 unspecified atom stereocenters. The highest BCUT2D eigenvalue weighted by Crippen LogP contribution is 2.28. The summed E-state index contributed by atoms with van der Waals surface area (Å²) in [4.78, 5) is 2.39. The lowest BCUT2D eigenvalue weighted by atomic mass is 10.2. The number of anilines is 2. The van der Waals surface area contributed by atoms with E-state index in [1.54, 1.807) is 13.2 Å². The van der Waals surface area contributed by atoms with Crippen LogP contribution in [0.3, 0.4) is 0 Å². The first kappa shape index (κ1) is 21.6. The molecule has 0 atom stereocenters. The van der Waals surface area contributed by atoms with Crippen molar-refractivity contribution < 1.29 is 9.47 Å². The number of benzene rings is 2. The molecule has 0 aliphatic heterocycles. The number of nitrogens with zero attached hydrogens (tertiary/aromatic N) is 1. The summed E-state index contributed by atoms with van der Waals surface area (Å²) >= 11 is 0. The first-order valence-corrected chi connectivity index (χ1v) is 8.97. The number of para-hydroxylation sites is 1. The van der Waals surface area contributed by atoms with Crippen molar-refractivity contribution in [1.82, 2.24) is 4.90 Å². The van der Waals surface area contributed by atoms with Crippen molar-refractivity contribution in [3.05, 3.63) is 48.5 Å². The summed E-state index contributed by atoms with van der Waals surface area (Å²) < 4.78 is 11.1. The van der Waals surface area contributed by atoms with Crippen molar-refractivity contribution in [1.29, 1.82) is 0 Å². The molecule has 144 valence electrons. The summed E-state index contributed by atoms with van der Waals surface area (Å²) in [5.74, 6) is 1.42. The van der Waals surface area contributed by atoms with E-state index < -0.39 is 0 Å². The Bertz CT molecular complexity index is 622. The van der Waals surface area contributed by atoms with Crippen molar-refractivity contribution >= 4 is 11.4 Å². The number of nitrogen functional groups attached to an aromatic ring is 2. The molecule has 5 nitrogen and oxygen atoms in total. The SMILES string of the molecule is COc1cc(N)ccc1OCCN(C(C)C)C(C)C.Nc1ccccc1. The Balaban J connectivity index is 0.000000401. The third-order valence-corrected chi connectivity index (χ3v) is 3.92. The maximum atomic E-state index is 5.79. The van der Waals surface area contributed by atoms with Crippen LogP contribution in [-0.2, 0) is 0 Å². The molecule has 0 spiro atoms. The summed E-state index contributed by atoms with van der Waals surface area (Å²) in [6, 6.07) is 16.0. The normalized spacial score (nSPS) is 10.6. The molecular formula is C21H33N3O2. The van der Waals surface area contributed by atoms with Gasteiger partial charge in [0.15, 0.2) is 11.5 Å². The van der Waals surface area contributed by atoms with Gasteiger partial charge in [0.05, 0.1) is 7.11 Å². The summed E-state index contributed by atoms with van der Waals surface area (Å²) in [7, 11) is 1.62. The molecule has 0 heterocycles. The number of ether oxygens (including phenoxy) is 2. The second kappa shape index (κ2) is 11.3. The average molecular weight is 360 g/mol. The number of hydrogen-bond acceptors (Lipinski definition) is 5.